The maximum Gasteiger partial charge on any atom is 0.262 e. The summed E-state index contributed by atoms with van der Waals surface area (Å²) in [4.78, 5) is 25.3. The van der Waals surface area contributed by atoms with Crippen molar-refractivity contribution in [2.75, 3.05) is 11.9 Å². The predicted molar refractivity (Wildman–Crippen MR) is 102 cm³/mol. The zero-order valence-corrected chi connectivity index (χ0v) is 16.2. The Kier molecular flexibility index (Phi) is 5.44. The first kappa shape index (κ1) is 17.9. The molecule has 25 heavy (non-hydrogen) atoms. The number of carbonyl (C=O) groups is 2. The zero-order chi connectivity index (χ0) is 18.0. The third kappa shape index (κ3) is 4.04. The van der Waals surface area contributed by atoms with Gasteiger partial charge in [0.05, 0.1) is 10.0 Å². The van der Waals surface area contributed by atoms with Gasteiger partial charge in [0, 0.05) is 4.88 Å². The summed E-state index contributed by atoms with van der Waals surface area (Å²) < 4.78 is 6.30. The van der Waals surface area contributed by atoms with Gasteiger partial charge in [0.2, 0.25) is 0 Å². The average molecular weight is 423 g/mol. The molecule has 2 aromatic rings. The largest absolute Gasteiger partial charge is 0.483 e. The van der Waals surface area contributed by atoms with Gasteiger partial charge in [-0.25, -0.2) is 0 Å². The van der Waals surface area contributed by atoms with Crippen LogP contribution in [0.2, 0.25) is 0 Å². The number of primary amides is 1. The van der Waals surface area contributed by atoms with Gasteiger partial charge in [0.1, 0.15) is 10.8 Å². The normalized spacial score (nSPS) is 16.2. The summed E-state index contributed by atoms with van der Waals surface area (Å²) in [7, 11) is 0. The Morgan fingerprint density at radius 1 is 1.40 bits per heavy atom. The van der Waals surface area contributed by atoms with Gasteiger partial charge in [0.15, 0.2) is 6.61 Å². The van der Waals surface area contributed by atoms with E-state index in [0.717, 1.165) is 34.2 Å². The van der Waals surface area contributed by atoms with Gasteiger partial charge < -0.3 is 15.8 Å². The van der Waals surface area contributed by atoms with E-state index in [0.29, 0.717) is 22.2 Å². The fourth-order valence-corrected chi connectivity index (χ4v) is 4.80. The van der Waals surface area contributed by atoms with Gasteiger partial charge >= 0.3 is 0 Å². The van der Waals surface area contributed by atoms with Gasteiger partial charge in [-0.05, 0) is 58.8 Å². The number of benzene rings is 1. The lowest BCUT2D eigenvalue weighted by molar-refractivity contribution is -0.118. The number of nitrogens with one attached hydrogen (secondary N) is 1. The molecule has 0 fully saturated rings. The average Bonchev–Trinajstić information content (AvgIpc) is 2.91. The second-order valence-corrected chi connectivity index (χ2v) is 8.15. The molecule has 0 aliphatic heterocycles. The quantitative estimate of drug-likeness (QED) is 0.769. The summed E-state index contributed by atoms with van der Waals surface area (Å²) in [5.41, 5.74) is 7.01. The van der Waals surface area contributed by atoms with Crippen LogP contribution in [0.1, 0.15) is 34.1 Å². The molecular weight excluding hydrogens is 404 g/mol. The lowest BCUT2D eigenvalue weighted by Gasteiger charge is -2.18. The molecular formula is C18H19BrN2O3S. The SMILES string of the molecule is CC1CCc2c(sc(NC(=O)COc3ccccc3Br)c2C(N)=O)C1. The highest BCUT2D eigenvalue weighted by Gasteiger charge is 2.27. The molecule has 0 spiro atoms. The standard InChI is InChI=1S/C18H19BrN2O3S/c1-10-6-7-11-14(8-10)25-18(16(11)17(20)23)21-15(22)9-24-13-5-3-2-4-12(13)19/h2-5,10H,6-9H2,1H3,(H2,20,23)(H,21,22). The van der Waals surface area contributed by atoms with E-state index < -0.39 is 5.91 Å². The molecule has 5 nitrogen and oxygen atoms in total. The fourth-order valence-electron chi connectivity index (χ4n) is 2.97. The molecule has 132 valence electrons. The van der Waals surface area contributed by atoms with Crippen molar-refractivity contribution in [3.8, 4) is 5.75 Å². The number of hydrogen-bond acceptors (Lipinski definition) is 4. The molecule has 0 saturated heterocycles. The van der Waals surface area contributed by atoms with Crippen molar-refractivity contribution in [3.63, 3.8) is 0 Å². The molecule has 1 aromatic carbocycles. The first-order valence-corrected chi connectivity index (χ1v) is 9.68. The van der Waals surface area contributed by atoms with Crippen LogP contribution in [0.3, 0.4) is 0 Å². The van der Waals surface area contributed by atoms with Crippen molar-refractivity contribution in [1.82, 2.24) is 0 Å². The van der Waals surface area contributed by atoms with Crippen LogP contribution >= 0.6 is 27.3 Å². The van der Waals surface area contributed by atoms with Gasteiger partial charge in [-0.3, -0.25) is 9.59 Å². The van der Waals surface area contributed by atoms with E-state index in [4.69, 9.17) is 10.5 Å². The summed E-state index contributed by atoms with van der Waals surface area (Å²) in [6.07, 6.45) is 2.78. The van der Waals surface area contributed by atoms with Crippen LogP contribution in [0.5, 0.6) is 5.75 Å². The number of ether oxygens (including phenoxy) is 1. The minimum atomic E-state index is -0.492. The van der Waals surface area contributed by atoms with Gasteiger partial charge in [-0.1, -0.05) is 19.1 Å². The van der Waals surface area contributed by atoms with Crippen LogP contribution in [0, 0.1) is 5.92 Å². The lowest BCUT2D eigenvalue weighted by Crippen LogP contribution is -2.22. The molecule has 1 aliphatic carbocycles. The molecule has 0 radical (unpaired) electrons. The van der Waals surface area contributed by atoms with Crippen molar-refractivity contribution in [2.24, 2.45) is 11.7 Å². The van der Waals surface area contributed by atoms with E-state index in [1.54, 1.807) is 6.07 Å². The van der Waals surface area contributed by atoms with Crippen LogP contribution in [0.15, 0.2) is 28.7 Å². The summed E-state index contributed by atoms with van der Waals surface area (Å²) >= 11 is 4.82. The van der Waals surface area contributed by atoms with Crippen LogP contribution in [0.25, 0.3) is 0 Å². The minimum Gasteiger partial charge on any atom is -0.483 e. The van der Waals surface area contributed by atoms with E-state index in [9.17, 15) is 9.59 Å². The maximum absolute atomic E-state index is 12.3. The van der Waals surface area contributed by atoms with Crippen LogP contribution in [0.4, 0.5) is 5.00 Å². The summed E-state index contributed by atoms with van der Waals surface area (Å²) in [5.74, 6) is 0.361. The second kappa shape index (κ2) is 7.58. The molecule has 3 N–H and O–H groups in total. The smallest absolute Gasteiger partial charge is 0.262 e. The third-order valence-corrected chi connectivity index (χ3v) is 6.03. The van der Waals surface area contributed by atoms with E-state index >= 15 is 0 Å². The van der Waals surface area contributed by atoms with Crippen molar-refractivity contribution in [2.45, 2.75) is 26.2 Å². The van der Waals surface area contributed by atoms with E-state index in [2.05, 4.69) is 28.2 Å². The Morgan fingerprint density at radius 3 is 2.88 bits per heavy atom. The van der Waals surface area contributed by atoms with Crippen molar-refractivity contribution >= 4 is 44.1 Å². The topological polar surface area (TPSA) is 81.4 Å². The fraction of sp³-hybridized carbons (Fsp3) is 0.333. The van der Waals surface area contributed by atoms with E-state index in [-0.39, 0.29) is 12.5 Å². The highest BCUT2D eigenvalue weighted by Crippen LogP contribution is 2.39. The number of thiophene rings is 1. The molecule has 1 atom stereocenters. The first-order valence-electron chi connectivity index (χ1n) is 8.07. The Bertz CT molecular complexity index is 819. The number of amides is 2. The van der Waals surface area contributed by atoms with Crippen LogP contribution < -0.4 is 15.8 Å². The van der Waals surface area contributed by atoms with Gasteiger partial charge in [-0.15, -0.1) is 11.3 Å². The number of halogens is 1. The molecule has 0 bridgehead atoms. The zero-order valence-electron chi connectivity index (χ0n) is 13.8. The van der Waals surface area contributed by atoms with Gasteiger partial charge in [0.25, 0.3) is 11.8 Å². The Labute approximate surface area is 158 Å². The van der Waals surface area contributed by atoms with Crippen LogP contribution in [-0.2, 0) is 17.6 Å². The number of anilines is 1. The molecule has 1 aliphatic rings. The van der Waals surface area contributed by atoms with Crippen molar-refractivity contribution in [3.05, 3.63) is 44.7 Å². The number of nitrogens with two attached hydrogens (primary N) is 1. The number of hydrogen-bond donors (Lipinski definition) is 2. The van der Waals surface area contributed by atoms with Crippen molar-refractivity contribution < 1.29 is 14.3 Å². The highest BCUT2D eigenvalue weighted by molar-refractivity contribution is 9.10. The Hall–Kier alpha value is -1.86. The molecule has 0 saturated carbocycles. The highest BCUT2D eigenvalue weighted by atomic mass is 79.9. The second-order valence-electron chi connectivity index (χ2n) is 6.19. The summed E-state index contributed by atoms with van der Waals surface area (Å²) in [6.45, 7) is 2.05. The molecule has 1 heterocycles. The molecule has 1 unspecified atom stereocenters. The molecule has 7 heteroatoms. The third-order valence-electron chi connectivity index (χ3n) is 4.21. The predicted octanol–water partition coefficient (Wildman–Crippen LogP) is 3.75. The van der Waals surface area contributed by atoms with Crippen LogP contribution in [-0.4, -0.2) is 18.4 Å². The molecule has 1 aromatic heterocycles. The number of carbonyl (C=O) groups excluding carboxylic acids is 2. The lowest BCUT2D eigenvalue weighted by atomic mass is 9.88. The number of para-hydroxylation sites is 1. The number of fused-ring (bicyclic) bond motifs is 1. The Balaban J connectivity index is 1.73. The monoisotopic (exact) mass is 422 g/mol. The summed E-state index contributed by atoms with van der Waals surface area (Å²) in [5, 5.41) is 3.33. The van der Waals surface area contributed by atoms with E-state index in [1.165, 1.54) is 11.3 Å². The summed E-state index contributed by atoms with van der Waals surface area (Å²) in [6, 6.07) is 7.31. The minimum absolute atomic E-state index is 0.139. The first-order chi connectivity index (χ1) is 12.0. The van der Waals surface area contributed by atoms with Gasteiger partial charge in [-0.2, -0.15) is 0 Å². The maximum atomic E-state index is 12.3. The molecule has 3 rings (SSSR count). The Morgan fingerprint density at radius 2 is 2.16 bits per heavy atom. The number of rotatable bonds is 5. The van der Waals surface area contributed by atoms with E-state index in [1.807, 2.05) is 18.2 Å². The molecule has 2 amide bonds. The van der Waals surface area contributed by atoms with Crippen molar-refractivity contribution in [1.29, 1.82) is 0 Å².